The summed E-state index contributed by atoms with van der Waals surface area (Å²) in [5, 5.41) is 2.82. The first-order valence-corrected chi connectivity index (χ1v) is 8.10. The summed E-state index contributed by atoms with van der Waals surface area (Å²) in [5.74, 6) is -1.01. The van der Waals surface area contributed by atoms with Crippen molar-refractivity contribution in [1.29, 1.82) is 0 Å². The van der Waals surface area contributed by atoms with Crippen LogP contribution >= 0.6 is 0 Å². The lowest BCUT2D eigenvalue weighted by Gasteiger charge is -2.20. The van der Waals surface area contributed by atoms with Crippen LogP contribution in [0.15, 0.2) is 42.5 Å². The number of amides is 1. The second kappa shape index (κ2) is 8.47. The SMILES string of the molecule is COc1ccc(C(C)NC(=O)/C=C/c2ccc(F)cc2F)cc1N(C)C. The first-order valence-electron chi connectivity index (χ1n) is 8.10. The van der Waals surface area contributed by atoms with Crippen LogP contribution in [-0.4, -0.2) is 27.1 Å². The van der Waals surface area contributed by atoms with Gasteiger partial charge in [0.15, 0.2) is 0 Å². The van der Waals surface area contributed by atoms with Gasteiger partial charge in [-0.3, -0.25) is 4.79 Å². The molecule has 0 saturated carbocycles. The van der Waals surface area contributed by atoms with Crippen molar-refractivity contribution < 1.29 is 18.3 Å². The predicted octanol–water partition coefficient (Wildman–Crippen LogP) is 3.93. The standard InChI is InChI=1S/C20H22F2N2O2/c1-13(15-6-9-19(26-4)18(11-15)24(2)3)23-20(25)10-7-14-5-8-16(21)12-17(14)22/h5-13H,1-4H3,(H,23,25)/b10-7+. The number of rotatable bonds is 6. The van der Waals surface area contributed by atoms with Crippen LogP contribution in [0, 0.1) is 11.6 Å². The van der Waals surface area contributed by atoms with Gasteiger partial charge in [0.05, 0.1) is 18.8 Å². The van der Waals surface area contributed by atoms with Crippen molar-refractivity contribution in [1.82, 2.24) is 5.32 Å². The number of carbonyl (C=O) groups is 1. The molecule has 26 heavy (non-hydrogen) atoms. The van der Waals surface area contributed by atoms with Crippen molar-refractivity contribution in [2.45, 2.75) is 13.0 Å². The fraction of sp³-hybridized carbons (Fsp3) is 0.250. The van der Waals surface area contributed by atoms with Crippen LogP contribution in [0.2, 0.25) is 0 Å². The van der Waals surface area contributed by atoms with Crippen LogP contribution in [0.3, 0.4) is 0 Å². The molecule has 6 heteroatoms. The van der Waals surface area contributed by atoms with Gasteiger partial charge in [-0.05, 0) is 42.8 Å². The second-order valence-electron chi connectivity index (χ2n) is 6.06. The number of nitrogens with one attached hydrogen (secondary N) is 1. The lowest BCUT2D eigenvalue weighted by molar-refractivity contribution is -0.117. The zero-order valence-electron chi connectivity index (χ0n) is 15.2. The van der Waals surface area contributed by atoms with Gasteiger partial charge < -0.3 is 15.0 Å². The van der Waals surface area contributed by atoms with E-state index in [1.54, 1.807) is 7.11 Å². The molecular weight excluding hydrogens is 338 g/mol. The van der Waals surface area contributed by atoms with Gasteiger partial charge in [-0.2, -0.15) is 0 Å². The fourth-order valence-electron chi connectivity index (χ4n) is 2.47. The monoisotopic (exact) mass is 360 g/mol. The Bertz CT molecular complexity index is 819. The minimum atomic E-state index is -0.715. The highest BCUT2D eigenvalue weighted by Crippen LogP contribution is 2.29. The third kappa shape index (κ3) is 4.81. The summed E-state index contributed by atoms with van der Waals surface area (Å²) in [6.45, 7) is 1.85. The summed E-state index contributed by atoms with van der Waals surface area (Å²) in [6, 6.07) is 8.61. The summed E-state index contributed by atoms with van der Waals surface area (Å²) in [7, 11) is 5.42. The van der Waals surface area contributed by atoms with Crippen molar-refractivity contribution >= 4 is 17.7 Å². The van der Waals surface area contributed by atoms with E-state index in [4.69, 9.17) is 4.74 Å². The lowest BCUT2D eigenvalue weighted by atomic mass is 10.1. The number of ether oxygens (including phenoxy) is 1. The molecule has 0 heterocycles. The Labute approximate surface area is 152 Å². The summed E-state index contributed by atoms with van der Waals surface area (Å²) in [5.41, 5.74) is 1.95. The van der Waals surface area contributed by atoms with E-state index in [1.807, 2.05) is 44.1 Å². The highest BCUT2D eigenvalue weighted by Gasteiger charge is 2.12. The number of hydrogen-bond donors (Lipinski definition) is 1. The maximum absolute atomic E-state index is 13.6. The van der Waals surface area contributed by atoms with Gasteiger partial charge in [0.25, 0.3) is 0 Å². The molecule has 0 saturated heterocycles. The van der Waals surface area contributed by atoms with Gasteiger partial charge in [-0.15, -0.1) is 0 Å². The van der Waals surface area contributed by atoms with E-state index in [1.165, 1.54) is 18.2 Å². The highest BCUT2D eigenvalue weighted by atomic mass is 19.1. The molecule has 4 nitrogen and oxygen atoms in total. The summed E-state index contributed by atoms with van der Waals surface area (Å²) >= 11 is 0. The van der Waals surface area contributed by atoms with Gasteiger partial charge in [0, 0.05) is 31.8 Å². The normalized spacial score (nSPS) is 12.1. The third-order valence-corrected chi connectivity index (χ3v) is 3.92. The van der Waals surface area contributed by atoms with Crippen LogP contribution < -0.4 is 15.0 Å². The van der Waals surface area contributed by atoms with E-state index >= 15 is 0 Å². The first kappa shape index (κ1) is 19.4. The van der Waals surface area contributed by atoms with Crippen molar-refractivity contribution in [3.8, 4) is 5.75 Å². The topological polar surface area (TPSA) is 41.6 Å². The number of nitrogens with zero attached hydrogens (tertiary/aromatic N) is 1. The molecule has 0 aromatic heterocycles. The van der Waals surface area contributed by atoms with Crippen molar-refractivity contribution in [2.75, 3.05) is 26.1 Å². The zero-order chi connectivity index (χ0) is 19.3. The van der Waals surface area contributed by atoms with Gasteiger partial charge >= 0.3 is 0 Å². The number of hydrogen-bond acceptors (Lipinski definition) is 3. The van der Waals surface area contributed by atoms with Crippen LogP contribution in [0.4, 0.5) is 14.5 Å². The molecule has 0 bridgehead atoms. The van der Waals surface area contributed by atoms with E-state index in [0.717, 1.165) is 29.1 Å². The predicted molar refractivity (Wildman–Crippen MR) is 99.3 cm³/mol. The first-order chi connectivity index (χ1) is 12.3. The van der Waals surface area contributed by atoms with Crippen LogP contribution in [0.25, 0.3) is 6.08 Å². The average molecular weight is 360 g/mol. The van der Waals surface area contributed by atoms with E-state index in [-0.39, 0.29) is 17.5 Å². The molecule has 0 aliphatic heterocycles. The molecule has 0 aliphatic rings. The van der Waals surface area contributed by atoms with Crippen molar-refractivity contribution in [2.24, 2.45) is 0 Å². The van der Waals surface area contributed by atoms with Crippen molar-refractivity contribution in [3.63, 3.8) is 0 Å². The van der Waals surface area contributed by atoms with Crippen LogP contribution in [0.5, 0.6) is 5.75 Å². The molecule has 138 valence electrons. The van der Waals surface area contributed by atoms with E-state index < -0.39 is 11.6 Å². The van der Waals surface area contributed by atoms with E-state index in [2.05, 4.69) is 5.32 Å². The minimum absolute atomic E-state index is 0.147. The molecule has 0 aliphatic carbocycles. The van der Waals surface area contributed by atoms with Crippen LogP contribution in [-0.2, 0) is 4.79 Å². The van der Waals surface area contributed by atoms with E-state index in [0.29, 0.717) is 0 Å². The number of methoxy groups -OCH3 is 1. The molecule has 1 amide bonds. The molecule has 2 aromatic carbocycles. The molecule has 2 aromatic rings. The summed E-state index contributed by atoms with van der Waals surface area (Å²) in [4.78, 5) is 14.0. The smallest absolute Gasteiger partial charge is 0.244 e. The molecule has 1 unspecified atom stereocenters. The van der Waals surface area contributed by atoms with E-state index in [9.17, 15) is 13.6 Å². The number of benzene rings is 2. The maximum atomic E-state index is 13.6. The Morgan fingerprint density at radius 1 is 1.19 bits per heavy atom. The zero-order valence-corrected chi connectivity index (χ0v) is 15.2. The van der Waals surface area contributed by atoms with Crippen LogP contribution in [0.1, 0.15) is 24.1 Å². The lowest BCUT2D eigenvalue weighted by Crippen LogP contribution is -2.25. The molecule has 1 atom stereocenters. The largest absolute Gasteiger partial charge is 0.495 e. The Hall–Kier alpha value is -2.89. The average Bonchev–Trinajstić information content (AvgIpc) is 2.60. The van der Waals surface area contributed by atoms with Crippen molar-refractivity contribution in [3.05, 3.63) is 65.2 Å². The summed E-state index contributed by atoms with van der Waals surface area (Å²) < 4.78 is 31.8. The maximum Gasteiger partial charge on any atom is 0.244 e. The molecule has 1 N–H and O–H groups in total. The quantitative estimate of drug-likeness (QED) is 0.794. The number of carbonyl (C=O) groups excluding carboxylic acids is 1. The molecule has 2 rings (SSSR count). The third-order valence-electron chi connectivity index (χ3n) is 3.92. The minimum Gasteiger partial charge on any atom is -0.495 e. The van der Waals surface area contributed by atoms with Gasteiger partial charge in [-0.25, -0.2) is 8.78 Å². The van der Waals surface area contributed by atoms with Gasteiger partial charge in [0.2, 0.25) is 5.91 Å². The molecule has 0 spiro atoms. The summed E-state index contributed by atoms with van der Waals surface area (Å²) in [6.07, 6.45) is 2.54. The highest BCUT2D eigenvalue weighted by molar-refractivity contribution is 5.92. The molecule has 0 radical (unpaired) electrons. The number of halogens is 2. The second-order valence-corrected chi connectivity index (χ2v) is 6.06. The molecular formula is C20H22F2N2O2. The Balaban J connectivity index is 2.09. The molecule has 0 fully saturated rings. The Morgan fingerprint density at radius 3 is 2.54 bits per heavy atom. The Kier molecular flexibility index (Phi) is 6.33. The fourth-order valence-corrected chi connectivity index (χ4v) is 2.47. The Morgan fingerprint density at radius 2 is 1.92 bits per heavy atom. The van der Waals surface area contributed by atoms with Gasteiger partial charge in [-0.1, -0.05) is 6.07 Å². The van der Waals surface area contributed by atoms with Gasteiger partial charge in [0.1, 0.15) is 17.4 Å². The number of anilines is 1.